The number of furan rings is 1. The van der Waals surface area contributed by atoms with Crippen LogP contribution in [0.1, 0.15) is 29.8 Å². The molecule has 0 bridgehead atoms. The molecule has 2 rings (SSSR count). The van der Waals surface area contributed by atoms with E-state index in [4.69, 9.17) is 9.52 Å². The highest BCUT2D eigenvalue weighted by atomic mass is 16.4. The summed E-state index contributed by atoms with van der Waals surface area (Å²) < 4.78 is 4.94. The number of nitrogens with zero attached hydrogens (tertiary/aromatic N) is 1. The van der Waals surface area contributed by atoms with E-state index in [0.29, 0.717) is 0 Å². The Kier molecular flexibility index (Phi) is 2.43. The molecule has 0 unspecified atom stereocenters. The minimum absolute atomic E-state index is 0.0619. The third-order valence-corrected chi connectivity index (χ3v) is 2.54. The number of anilines is 1. The second-order valence-corrected chi connectivity index (χ2v) is 3.49. The number of piperidine rings is 1. The van der Waals surface area contributed by atoms with Crippen LogP contribution in [0.4, 0.5) is 5.69 Å². The van der Waals surface area contributed by atoms with E-state index in [1.165, 1.54) is 12.7 Å². The van der Waals surface area contributed by atoms with Gasteiger partial charge in [0, 0.05) is 19.2 Å². The Labute approximate surface area is 82.1 Å². The summed E-state index contributed by atoms with van der Waals surface area (Å²) in [7, 11) is 0. The van der Waals surface area contributed by atoms with E-state index in [2.05, 4.69) is 4.90 Å². The lowest BCUT2D eigenvalue weighted by Gasteiger charge is -2.27. The molecular formula is C10H13NO3. The maximum atomic E-state index is 10.8. The molecule has 1 aromatic heterocycles. The Bertz CT molecular complexity index is 326. The van der Waals surface area contributed by atoms with Crippen LogP contribution in [0, 0.1) is 0 Å². The molecule has 14 heavy (non-hydrogen) atoms. The Balaban J connectivity index is 2.21. The molecule has 0 atom stereocenters. The second kappa shape index (κ2) is 3.74. The van der Waals surface area contributed by atoms with Crippen molar-refractivity contribution >= 4 is 11.7 Å². The van der Waals surface area contributed by atoms with Crippen molar-refractivity contribution in [3.8, 4) is 0 Å². The quantitative estimate of drug-likeness (QED) is 0.783. The fraction of sp³-hybridized carbons (Fsp3) is 0.500. The van der Waals surface area contributed by atoms with Gasteiger partial charge in [-0.25, -0.2) is 4.79 Å². The molecule has 0 spiro atoms. The summed E-state index contributed by atoms with van der Waals surface area (Å²) in [5.74, 6) is -0.928. The zero-order valence-corrected chi connectivity index (χ0v) is 7.90. The number of rotatable bonds is 2. The van der Waals surface area contributed by atoms with E-state index in [-0.39, 0.29) is 5.76 Å². The first-order chi connectivity index (χ1) is 6.79. The molecule has 2 heterocycles. The first-order valence-electron chi connectivity index (χ1n) is 4.85. The smallest absolute Gasteiger partial charge is 0.374 e. The van der Waals surface area contributed by atoms with E-state index in [1.54, 1.807) is 6.07 Å². The highest BCUT2D eigenvalue weighted by molar-refractivity contribution is 5.91. The topological polar surface area (TPSA) is 53.7 Å². The summed E-state index contributed by atoms with van der Waals surface area (Å²) in [5.41, 5.74) is 0.720. The number of carboxylic acids is 1. The van der Waals surface area contributed by atoms with Gasteiger partial charge in [-0.1, -0.05) is 0 Å². The van der Waals surface area contributed by atoms with Crippen LogP contribution < -0.4 is 4.90 Å². The lowest BCUT2D eigenvalue weighted by molar-refractivity contribution is 0.0663. The molecule has 4 nitrogen and oxygen atoms in total. The predicted octanol–water partition coefficient (Wildman–Crippen LogP) is 1.97. The van der Waals surface area contributed by atoms with Crippen molar-refractivity contribution in [3.63, 3.8) is 0 Å². The summed E-state index contributed by atoms with van der Waals surface area (Å²) in [6.45, 7) is 1.86. The Morgan fingerprint density at radius 3 is 2.71 bits per heavy atom. The van der Waals surface area contributed by atoms with Crippen molar-refractivity contribution < 1.29 is 14.3 Å². The predicted molar refractivity (Wildman–Crippen MR) is 51.7 cm³/mol. The standard InChI is InChI=1S/C10H13NO3/c12-10(13)9-8(4-7-14-9)11-5-2-1-3-6-11/h4,7H,1-3,5-6H2,(H,12,13). The minimum Gasteiger partial charge on any atom is -0.475 e. The van der Waals surface area contributed by atoms with Gasteiger partial charge in [-0.15, -0.1) is 0 Å². The van der Waals surface area contributed by atoms with Crippen LogP contribution in [0.2, 0.25) is 0 Å². The van der Waals surface area contributed by atoms with Gasteiger partial charge in [-0.2, -0.15) is 0 Å². The second-order valence-electron chi connectivity index (χ2n) is 3.49. The fourth-order valence-corrected chi connectivity index (χ4v) is 1.85. The number of hydrogen-bond donors (Lipinski definition) is 1. The van der Waals surface area contributed by atoms with E-state index in [9.17, 15) is 4.79 Å². The molecule has 4 heteroatoms. The highest BCUT2D eigenvalue weighted by Crippen LogP contribution is 2.25. The summed E-state index contributed by atoms with van der Waals surface area (Å²) in [6, 6.07) is 1.73. The third-order valence-electron chi connectivity index (χ3n) is 2.54. The van der Waals surface area contributed by atoms with Gasteiger partial charge in [0.1, 0.15) is 0 Å². The van der Waals surface area contributed by atoms with Gasteiger partial charge < -0.3 is 14.4 Å². The van der Waals surface area contributed by atoms with Crippen molar-refractivity contribution in [1.82, 2.24) is 0 Å². The molecular weight excluding hydrogens is 182 g/mol. The van der Waals surface area contributed by atoms with Gasteiger partial charge in [-0.3, -0.25) is 0 Å². The molecule has 1 aliphatic rings. The molecule has 0 amide bonds. The Hall–Kier alpha value is -1.45. The fourth-order valence-electron chi connectivity index (χ4n) is 1.85. The van der Waals surface area contributed by atoms with Crippen LogP contribution in [0.5, 0.6) is 0 Å². The average molecular weight is 195 g/mol. The first kappa shape index (κ1) is 9.12. The summed E-state index contributed by atoms with van der Waals surface area (Å²) >= 11 is 0. The lowest BCUT2D eigenvalue weighted by Crippen LogP contribution is -2.30. The Morgan fingerprint density at radius 1 is 1.36 bits per heavy atom. The van der Waals surface area contributed by atoms with Gasteiger partial charge in [0.25, 0.3) is 0 Å². The highest BCUT2D eigenvalue weighted by Gasteiger charge is 2.20. The van der Waals surface area contributed by atoms with Crippen molar-refractivity contribution in [2.24, 2.45) is 0 Å². The summed E-state index contributed by atoms with van der Waals surface area (Å²) in [5, 5.41) is 8.86. The zero-order chi connectivity index (χ0) is 9.97. The number of aromatic carboxylic acids is 1. The van der Waals surface area contributed by atoms with E-state index in [1.807, 2.05) is 0 Å². The number of carboxylic acid groups (broad SMARTS) is 1. The molecule has 0 saturated carbocycles. The van der Waals surface area contributed by atoms with Gasteiger partial charge in [0.2, 0.25) is 5.76 Å². The van der Waals surface area contributed by atoms with Crippen LogP contribution in [0.25, 0.3) is 0 Å². The van der Waals surface area contributed by atoms with Gasteiger partial charge in [0.05, 0.1) is 12.0 Å². The summed E-state index contributed by atoms with van der Waals surface area (Å²) in [4.78, 5) is 12.9. The number of hydrogen-bond acceptors (Lipinski definition) is 3. The van der Waals surface area contributed by atoms with Crippen LogP contribution in [0.15, 0.2) is 16.7 Å². The number of carbonyl (C=O) groups is 1. The molecule has 1 aromatic rings. The zero-order valence-electron chi connectivity index (χ0n) is 7.90. The molecule has 0 aromatic carbocycles. The van der Waals surface area contributed by atoms with Crippen LogP contribution in [0.3, 0.4) is 0 Å². The lowest BCUT2D eigenvalue weighted by atomic mass is 10.1. The van der Waals surface area contributed by atoms with Gasteiger partial charge in [-0.05, 0) is 19.3 Å². The molecule has 1 fully saturated rings. The van der Waals surface area contributed by atoms with Crippen molar-refractivity contribution in [2.75, 3.05) is 18.0 Å². The Morgan fingerprint density at radius 2 is 2.07 bits per heavy atom. The minimum atomic E-state index is -0.990. The maximum Gasteiger partial charge on any atom is 0.374 e. The van der Waals surface area contributed by atoms with Gasteiger partial charge >= 0.3 is 5.97 Å². The van der Waals surface area contributed by atoms with E-state index < -0.39 is 5.97 Å². The molecule has 1 aliphatic heterocycles. The van der Waals surface area contributed by atoms with E-state index >= 15 is 0 Å². The average Bonchev–Trinajstić information content (AvgIpc) is 2.67. The van der Waals surface area contributed by atoms with Crippen LogP contribution in [-0.2, 0) is 0 Å². The SMILES string of the molecule is O=C(O)c1occc1N1CCCCC1. The molecule has 1 N–H and O–H groups in total. The van der Waals surface area contributed by atoms with Crippen LogP contribution >= 0.6 is 0 Å². The van der Waals surface area contributed by atoms with E-state index in [0.717, 1.165) is 31.6 Å². The normalized spacial score (nSPS) is 17.0. The molecule has 0 aliphatic carbocycles. The van der Waals surface area contributed by atoms with Crippen molar-refractivity contribution in [2.45, 2.75) is 19.3 Å². The van der Waals surface area contributed by atoms with Gasteiger partial charge in [0.15, 0.2) is 0 Å². The largest absolute Gasteiger partial charge is 0.475 e. The maximum absolute atomic E-state index is 10.8. The molecule has 76 valence electrons. The third kappa shape index (κ3) is 1.60. The van der Waals surface area contributed by atoms with Crippen LogP contribution in [-0.4, -0.2) is 24.2 Å². The monoisotopic (exact) mass is 195 g/mol. The van der Waals surface area contributed by atoms with Crippen molar-refractivity contribution in [3.05, 3.63) is 18.1 Å². The molecule has 0 radical (unpaired) electrons. The first-order valence-corrected chi connectivity index (χ1v) is 4.85. The van der Waals surface area contributed by atoms with Crippen molar-refractivity contribution in [1.29, 1.82) is 0 Å². The molecule has 1 saturated heterocycles. The summed E-state index contributed by atoms with van der Waals surface area (Å²) in [6.07, 6.45) is 4.93.